The normalized spacial score (nSPS) is 21.1. The molecule has 2 aromatic heterocycles. The molecule has 4 heteroatoms. The van der Waals surface area contributed by atoms with Crippen molar-refractivity contribution in [2.75, 3.05) is 18.0 Å². The Morgan fingerprint density at radius 1 is 1.00 bits per heavy atom. The summed E-state index contributed by atoms with van der Waals surface area (Å²) in [7, 11) is 0. The molecule has 5 rings (SSSR count). The van der Waals surface area contributed by atoms with Gasteiger partial charge in [-0.1, -0.05) is 24.6 Å². The summed E-state index contributed by atoms with van der Waals surface area (Å²) in [6.45, 7) is 3.26. The molecule has 134 valence electrons. The second-order valence-electron chi connectivity index (χ2n) is 7.88. The zero-order chi connectivity index (χ0) is 17.3. The number of para-hydroxylation sites is 1. The molecule has 1 aliphatic heterocycles. The van der Waals surface area contributed by atoms with Gasteiger partial charge in [-0.3, -0.25) is 0 Å². The van der Waals surface area contributed by atoms with Gasteiger partial charge in [-0.25, -0.2) is 9.97 Å². The van der Waals surface area contributed by atoms with E-state index in [0.29, 0.717) is 5.92 Å². The third kappa shape index (κ3) is 2.98. The molecular weight excluding hydrogens is 320 g/mol. The summed E-state index contributed by atoms with van der Waals surface area (Å²) >= 11 is 0. The lowest BCUT2D eigenvalue weighted by Crippen LogP contribution is -2.36. The molecular formula is C22H26N4. The number of hydrogen-bond acceptors (Lipinski definition) is 3. The SMILES string of the molecule is c1ccc2nc(N3CCC[C@@H](c4nccn4CC4CCC4)C3)ccc2c1. The summed E-state index contributed by atoms with van der Waals surface area (Å²) < 4.78 is 2.42. The van der Waals surface area contributed by atoms with Crippen LogP contribution < -0.4 is 4.90 Å². The second-order valence-corrected chi connectivity index (χ2v) is 7.88. The van der Waals surface area contributed by atoms with Gasteiger partial charge in [0.1, 0.15) is 11.6 Å². The lowest BCUT2D eigenvalue weighted by atomic mass is 9.85. The van der Waals surface area contributed by atoms with E-state index in [2.05, 4.69) is 52.1 Å². The first-order chi connectivity index (χ1) is 12.9. The van der Waals surface area contributed by atoms with Gasteiger partial charge in [0, 0.05) is 43.3 Å². The molecule has 1 atom stereocenters. The molecule has 0 radical (unpaired) electrons. The van der Waals surface area contributed by atoms with E-state index in [4.69, 9.17) is 9.97 Å². The van der Waals surface area contributed by atoms with Crippen LogP contribution in [0.4, 0.5) is 5.82 Å². The summed E-state index contributed by atoms with van der Waals surface area (Å²) in [5.41, 5.74) is 1.08. The Bertz CT molecular complexity index is 896. The molecule has 1 aromatic carbocycles. The maximum Gasteiger partial charge on any atom is 0.129 e. The van der Waals surface area contributed by atoms with E-state index in [1.807, 2.05) is 6.20 Å². The van der Waals surface area contributed by atoms with Crippen molar-refractivity contribution in [1.29, 1.82) is 0 Å². The van der Waals surface area contributed by atoms with Crippen LogP contribution in [-0.2, 0) is 6.54 Å². The first kappa shape index (κ1) is 15.9. The Labute approximate surface area is 154 Å². The molecule has 2 aliphatic rings. The predicted octanol–water partition coefficient (Wildman–Crippen LogP) is 4.62. The van der Waals surface area contributed by atoms with E-state index in [9.17, 15) is 0 Å². The summed E-state index contributed by atoms with van der Waals surface area (Å²) in [6.07, 6.45) is 10.8. The fraction of sp³-hybridized carbons (Fsp3) is 0.455. The number of fused-ring (bicyclic) bond motifs is 1. The number of aromatic nitrogens is 3. The lowest BCUT2D eigenvalue weighted by molar-refractivity contribution is 0.270. The molecule has 3 aromatic rings. The number of piperidine rings is 1. The standard InChI is InChI=1S/C22H26N4/c1-2-9-20-18(7-1)10-11-21(24-20)25-13-4-8-19(16-25)22-23-12-14-26(22)15-17-5-3-6-17/h1-2,7,9-12,14,17,19H,3-6,8,13,15-16H2/t19-/m1/s1. The zero-order valence-electron chi connectivity index (χ0n) is 15.2. The van der Waals surface area contributed by atoms with E-state index in [0.717, 1.165) is 36.9 Å². The van der Waals surface area contributed by atoms with E-state index < -0.39 is 0 Å². The van der Waals surface area contributed by atoms with Gasteiger partial charge >= 0.3 is 0 Å². The van der Waals surface area contributed by atoms with Crippen molar-refractivity contribution in [1.82, 2.24) is 14.5 Å². The second kappa shape index (κ2) is 6.75. The summed E-state index contributed by atoms with van der Waals surface area (Å²) in [4.78, 5) is 12.1. The van der Waals surface area contributed by atoms with E-state index in [1.54, 1.807) is 0 Å². The van der Waals surface area contributed by atoms with E-state index >= 15 is 0 Å². The van der Waals surface area contributed by atoms with Crippen molar-refractivity contribution >= 4 is 16.7 Å². The van der Waals surface area contributed by atoms with E-state index in [-0.39, 0.29) is 0 Å². The third-order valence-corrected chi connectivity index (χ3v) is 6.12. The molecule has 0 bridgehead atoms. The Balaban J connectivity index is 1.36. The Morgan fingerprint density at radius 3 is 2.81 bits per heavy atom. The average Bonchev–Trinajstić information content (AvgIpc) is 3.13. The Kier molecular flexibility index (Phi) is 4.12. The van der Waals surface area contributed by atoms with Crippen LogP contribution in [-0.4, -0.2) is 27.6 Å². The minimum Gasteiger partial charge on any atom is -0.356 e. The van der Waals surface area contributed by atoms with Gasteiger partial charge in [-0.05, 0) is 49.8 Å². The predicted molar refractivity (Wildman–Crippen MR) is 105 cm³/mol. The molecule has 0 unspecified atom stereocenters. The van der Waals surface area contributed by atoms with Gasteiger partial charge in [0.15, 0.2) is 0 Å². The van der Waals surface area contributed by atoms with Crippen LogP contribution >= 0.6 is 0 Å². The highest BCUT2D eigenvalue weighted by Gasteiger charge is 2.27. The van der Waals surface area contributed by atoms with Gasteiger partial charge in [0.2, 0.25) is 0 Å². The third-order valence-electron chi connectivity index (χ3n) is 6.12. The fourth-order valence-corrected chi connectivity index (χ4v) is 4.42. The maximum absolute atomic E-state index is 4.91. The zero-order valence-corrected chi connectivity index (χ0v) is 15.2. The number of anilines is 1. The Hall–Kier alpha value is -2.36. The lowest BCUT2D eigenvalue weighted by Gasteiger charge is -2.34. The number of benzene rings is 1. The van der Waals surface area contributed by atoms with Crippen molar-refractivity contribution in [2.24, 2.45) is 5.92 Å². The molecule has 26 heavy (non-hydrogen) atoms. The van der Waals surface area contributed by atoms with Gasteiger partial charge in [0.25, 0.3) is 0 Å². The van der Waals surface area contributed by atoms with Crippen molar-refractivity contribution in [2.45, 2.75) is 44.6 Å². The van der Waals surface area contributed by atoms with Crippen LogP contribution in [0.1, 0.15) is 43.8 Å². The van der Waals surface area contributed by atoms with Crippen LogP contribution in [0.15, 0.2) is 48.8 Å². The topological polar surface area (TPSA) is 34.0 Å². The number of pyridine rings is 1. The summed E-state index contributed by atoms with van der Waals surface area (Å²) in [6, 6.07) is 12.7. The first-order valence-electron chi connectivity index (χ1n) is 9.98. The molecule has 1 aliphatic carbocycles. The van der Waals surface area contributed by atoms with Crippen molar-refractivity contribution in [3.8, 4) is 0 Å². The van der Waals surface area contributed by atoms with Crippen LogP contribution in [0.3, 0.4) is 0 Å². The highest BCUT2D eigenvalue weighted by atomic mass is 15.2. The van der Waals surface area contributed by atoms with Gasteiger partial charge < -0.3 is 9.47 Å². The van der Waals surface area contributed by atoms with Crippen molar-refractivity contribution in [3.05, 3.63) is 54.6 Å². The minimum atomic E-state index is 0.507. The highest BCUT2D eigenvalue weighted by molar-refractivity contribution is 5.80. The first-order valence-corrected chi connectivity index (χ1v) is 9.98. The number of nitrogens with zero attached hydrogens (tertiary/aromatic N) is 4. The average molecular weight is 346 g/mol. The van der Waals surface area contributed by atoms with Crippen LogP contribution in [0.5, 0.6) is 0 Å². The smallest absolute Gasteiger partial charge is 0.129 e. The maximum atomic E-state index is 4.91. The van der Waals surface area contributed by atoms with Crippen molar-refractivity contribution in [3.63, 3.8) is 0 Å². The van der Waals surface area contributed by atoms with Gasteiger partial charge in [-0.2, -0.15) is 0 Å². The molecule has 1 saturated heterocycles. The molecule has 4 nitrogen and oxygen atoms in total. The van der Waals surface area contributed by atoms with Crippen LogP contribution in [0, 0.1) is 5.92 Å². The molecule has 1 saturated carbocycles. The molecule has 3 heterocycles. The van der Waals surface area contributed by atoms with E-state index in [1.165, 1.54) is 43.3 Å². The summed E-state index contributed by atoms with van der Waals surface area (Å²) in [5.74, 6) is 3.75. The summed E-state index contributed by atoms with van der Waals surface area (Å²) in [5, 5.41) is 1.21. The largest absolute Gasteiger partial charge is 0.356 e. The minimum absolute atomic E-state index is 0.507. The quantitative estimate of drug-likeness (QED) is 0.691. The van der Waals surface area contributed by atoms with Crippen molar-refractivity contribution < 1.29 is 0 Å². The van der Waals surface area contributed by atoms with Gasteiger partial charge in [0.05, 0.1) is 5.52 Å². The number of rotatable bonds is 4. The van der Waals surface area contributed by atoms with Crippen LogP contribution in [0.25, 0.3) is 10.9 Å². The molecule has 0 amide bonds. The van der Waals surface area contributed by atoms with Gasteiger partial charge in [-0.15, -0.1) is 0 Å². The monoisotopic (exact) mass is 346 g/mol. The Morgan fingerprint density at radius 2 is 1.92 bits per heavy atom. The molecule has 0 spiro atoms. The molecule has 0 N–H and O–H groups in total. The number of hydrogen-bond donors (Lipinski definition) is 0. The molecule has 2 fully saturated rings. The fourth-order valence-electron chi connectivity index (χ4n) is 4.42. The number of imidazole rings is 1. The van der Waals surface area contributed by atoms with Crippen LogP contribution in [0.2, 0.25) is 0 Å². The highest BCUT2D eigenvalue weighted by Crippen LogP contribution is 2.32.